The van der Waals surface area contributed by atoms with Crippen LogP contribution in [0.15, 0.2) is 12.1 Å². The second kappa shape index (κ2) is 4.14. The molecule has 0 radical (unpaired) electrons. The number of phenols is 1. The van der Waals surface area contributed by atoms with Gasteiger partial charge in [0.1, 0.15) is 23.3 Å². The lowest BCUT2D eigenvalue weighted by Gasteiger charge is -2.12. The van der Waals surface area contributed by atoms with Crippen LogP contribution < -0.4 is 11.5 Å². The first-order chi connectivity index (χ1) is 6.99. The number of nitrogens with two attached hydrogens (primary N) is 2. The van der Waals surface area contributed by atoms with E-state index >= 15 is 0 Å². The Morgan fingerprint density at radius 3 is 2.73 bits per heavy atom. The topological polar surface area (TPSA) is 98.6 Å². The fourth-order valence-corrected chi connectivity index (χ4v) is 1.11. The minimum atomic E-state index is -1.18. The van der Waals surface area contributed by atoms with Crippen LogP contribution in [0.1, 0.15) is 11.6 Å². The number of benzene rings is 1. The monoisotopic (exact) mass is 214 g/mol. The van der Waals surface area contributed by atoms with Crippen molar-refractivity contribution in [3.05, 3.63) is 23.5 Å². The van der Waals surface area contributed by atoms with Crippen molar-refractivity contribution < 1.29 is 19.0 Å². The molecule has 6 heteroatoms. The number of ether oxygens (including phenoxy) is 1. The number of hydrogen-bond donors (Lipinski definition) is 3. The molecule has 0 heterocycles. The maximum absolute atomic E-state index is 12.9. The summed E-state index contributed by atoms with van der Waals surface area (Å²) >= 11 is 0. The molecule has 1 rings (SSSR count). The van der Waals surface area contributed by atoms with Crippen molar-refractivity contribution in [1.29, 1.82) is 0 Å². The quantitative estimate of drug-likeness (QED) is 0.373. The molecule has 5 nitrogen and oxygen atoms in total. The van der Waals surface area contributed by atoms with E-state index in [2.05, 4.69) is 4.74 Å². The van der Waals surface area contributed by atoms with E-state index in [4.69, 9.17) is 11.5 Å². The Kier molecular flexibility index (Phi) is 3.11. The molecule has 1 atom stereocenters. The van der Waals surface area contributed by atoms with Gasteiger partial charge in [-0.2, -0.15) is 0 Å². The third-order valence-corrected chi connectivity index (χ3v) is 1.99. The first kappa shape index (κ1) is 11.3. The lowest BCUT2D eigenvalue weighted by molar-refractivity contribution is -0.142. The molecule has 0 saturated carbocycles. The van der Waals surface area contributed by atoms with Crippen LogP contribution >= 0.6 is 0 Å². The molecule has 0 aliphatic carbocycles. The van der Waals surface area contributed by atoms with E-state index in [0.717, 1.165) is 13.2 Å². The highest BCUT2D eigenvalue weighted by Crippen LogP contribution is 2.31. The predicted molar refractivity (Wildman–Crippen MR) is 51.4 cm³/mol. The SMILES string of the molecule is COC(=O)[C@H](N)c1ccc(F)c(N)c1O. The molecule has 0 aliphatic heterocycles. The summed E-state index contributed by atoms with van der Waals surface area (Å²) in [5.41, 5.74) is 10.3. The van der Waals surface area contributed by atoms with Crippen molar-refractivity contribution in [3.63, 3.8) is 0 Å². The van der Waals surface area contributed by atoms with Gasteiger partial charge >= 0.3 is 5.97 Å². The van der Waals surface area contributed by atoms with Crippen LogP contribution in [0.4, 0.5) is 10.1 Å². The molecule has 1 aromatic rings. The average molecular weight is 214 g/mol. The number of carbonyl (C=O) groups is 1. The minimum Gasteiger partial charge on any atom is -0.505 e. The Labute approximate surface area is 85.4 Å². The van der Waals surface area contributed by atoms with Gasteiger partial charge in [0.2, 0.25) is 0 Å². The van der Waals surface area contributed by atoms with Crippen molar-refractivity contribution in [2.24, 2.45) is 5.73 Å². The number of methoxy groups -OCH3 is 1. The summed E-state index contributed by atoms with van der Waals surface area (Å²) in [4.78, 5) is 11.1. The van der Waals surface area contributed by atoms with Gasteiger partial charge in [0.25, 0.3) is 0 Å². The zero-order chi connectivity index (χ0) is 11.6. The Morgan fingerprint density at radius 2 is 2.20 bits per heavy atom. The van der Waals surface area contributed by atoms with Gasteiger partial charge in [-0.25, -0.2) is 4.39 Å². The summed E-state index contributed by atoms with van der Waals surface area (Å²) in [7, 11) is 1.16. The van der Waals surface area contributed by atoms with E-state index in [1.54, 1.807) is 0 Å². The molecule has 0 amide bonds. The molecular formula is C9H11FN2O3. The van der Waals surface area contributed by atoms with Crippen LogP contribution in [-0.4, -0.2) is 18.2 Å². The molecule has 15 heavy (non-hydrogen) atoms. The van der Waals surface area contributed by atoms with Crippen molar-refractivity contribution in [2.75, 3.05) is 12.8 Å². The highest BCUT2D eigenvalue weighted by molar-refractivity contribution is 5.79. The summed E-state index contributed by atoms with van der Waals surface area (Å²) in [6.07, 6.45) is 0. The molecule has 1 aromatic carbocycles. The van der Waals surface area contributed by atoms with Gasteiger partial charge in [0.15, 0.2) is 0 Å². The molecule has 0 unspecified atom stereocenters. The third-order valence-electron chi connectivity index (χ3n) is 1.99. The van der Waals surface area contributed by atoms with Crippen LogP contribution in [0, 0.1) is 5.82 Å². The number of aromatic hydroxyl groups is 1. The van der Waals surface area contributed by atoms with Crippen molar-refractivity contribution in [2.45, 2.75) is 6.04 Å². The van der Waals surface area contributed by atoms with Crippen LogP contribution in [0.25, 0.3) is 0 Å². The van der Waals surface area contributed by atoms with Gasteiger partial charge < -0.3 is 21.3 Å². The lowest BCUT2D eigenvalue weighted by Crippen LogP contribution is -2.23. The smallest absolute Gasteiger partial charge is 0.327 e. The summed E-state index contributed by atoms with van der Waals surface area (Å²) in [5.74, 6) is -2.04. The molecule has 0 saturated heterocycles. The summed E-state index contributed by atoms with van der Waals surface area (Å²) in [5, 5.41) is 9.44. The predicted octanol–water partition coefficient (Wildman–Crippen LogP) is 0.286. The fourth-order valence-electron chi connectivity index (χ4n) is 1.11. The molecular weight excluding hydrogens is 203 g/mol. The van der Waals surface area contributed by atoms with Gasteiger partial charge in [-0.05, 0) is 6.07 Å². The van der Waals surface area contributed by atoms with Crippen LogP contribution in [0.5, 0.6) is 5.75 Å². The second-order valence-corrected chi connectivity index (χ2v) is 2.90. The molecule has 0 fully saturated rings. The summed E-state index contributed by atoms with van der Waals surface area (Å²) < 4.78 is 17.2. The minimum absolute atomic E-state index is 0.0285. The van der Waals surface area contributed by atoms with E-state index < -0.39 is 29.3 Å². The van der Waals surface area contributed by atoms with Crippen molar-refractivity contribution in [1.82, 2.24) is 0 Å². The van der Waals surface area contributed by atoms with Crippen LogP contribution in [0.3, 0.4) is 0 Å². The van der Waals surface area contributed by atoms with Gasteiger partial charge in [0.05, 0.1) is 7.11 Å². The molecule has 82 valence electrons. The maximum Gasteiger partial charge on any atom is 0.327 e. The zero-order valence-electron chi connectivity index (χ0n) is 8.03. The first-order valence-corrected chi connectivity index (χ1v) is 4.09. The Morgan fingerprint density at radius 1 is 1.60 bits per heavy atom. The molecule has 0 bridgehead atoms. The van der Waals surface area contributed by atoms with Gasteiger partial charge in [-0.15, -0.1) is 0 Å². The average Bonchev–Trinajstić information content (AvgIpc) is 2.24. The van der Waals surface area contributed by atoms with E-state index in [-0.39, 0.29) is 5.56 Å². The second-order valence-electron chi connectivity index (χ2n) is 2.90. The number of phenolic OH excluding ortho intramolecular Hbond substituents is 1. The highest BCUT2D eigenvalue weighted by atomic mass is 19.1. The van der Waals surface area contributed by atoms with Gasteiger partial charge in [-0.1, -0.05) is 6.07 Å². The van der Waals surface area contributed by atoms with Crippen molar-refractivity contribution in [3.8, 4) is 5.75 Å². The normalized spacial score (nSPS) is 12.2. The van der Waals surface area contributed by atoms with E-state index in [9.17, 15) is 14.3 Å². The lowest BCUT2D eigenvalue weighted by atomic mass is 10.1. The number of halogens is 1. The highest BCUT2D eigenvalue weighted by Gasteiger charge is 2.22. The largest absolute Gasteiger partial charge is 0.505 e. The number of carbonyl (C=O) groups excluding carboxylic acids is 1. The van der Waals surface area contributed by atoms with Crippen LogP contribution in [-0.2, 0) is 9.53 Å². The number of esters is 1. The number of rotatable bonds is 2. The van der Waals surface area contributed by atoms with Gasteiger partial charge in [-0.3, -0.25) is 4.79 Å². The maximum atomic E-state index is 12.9. The Balaban J connectivity index is 3.16. The van der Waals surface area contributed by atoms with Crippen LogP contribution in [0.2, 0.25) is 0 Å². The van der Waals surface area contributed by atoms with E-state index in [1.165, 1.54) is 6.07 Å². The standard InChI is InChI=1S/C9H11FN2O3/c1-15-9(14)6(11)4-2-3-5(10)7(12)8(4)13/h2-3,6,13H,11-12H2,1H3/t6-/m1/s1. The summed E-state index contributed by atoms with van der Waals surface area (Å²) in [6.45, 7) is 0. The Bertz CT molecular complexity index is 395. The number of hydrogen-bond acceptors (Lipinski definition) is 5. The Hall–Kier alpha value is -1.82. The summed E-state index contributed by atoms with van der Waals surface area (Å²) in [6, 6.07) is 1.02. The fraction of sp³-hybridized carbons (Fsp3) is 0.222. The van der Waals surface area contributed by atoms with Crippen molar-refractivity contribution >= 4 is 11.7 Å². The number of nitrogen functional groups attached to an aromatic ring is 1. The molecule has 5 N–H and O–H groups in total. The molecule has 0 aliphatic rings. The first-order valence-electron chi connectivity index (χ1n) is 4.09. The van der Waals surface area contributed by atoms with E-state index in [0.29, 0.717) is 0 Å². The zero-order valence-corrected chi connectivity index (χ0v) is 8.03. The van der Waals surface area contributed by atoms with Gasteiger partial charge in [0, 0.05) is 5.56 Å². The molecule has 0 aromatic heterocycles. The number of anilines is 1. The molecule has 0 spiro atoms. The van der Waals surface area contributed by atoms with E-state index in [1.807, 2.05) is 0 Å². The third kappa shape index (κ3) is 1.99.